The number of fused-ring (bicyclic) bond motifs is 1. The number of piperidine rings is 2. The summed E-state index contributed by atoms with van der Waals surface area (Å²) in [5.41, 5.74) is 6.76. The van der Waals surface area contributed by atoms with Crippen molar-refractivity contribution in [3.8, 4) is 6.07 Å². The van der Waals surface area contributed by atoms with Crippen LogP contribution in [0.1, 0.15) is 59.2 Å². The van der Waals surface area contributed by atoms with Crippen LogP contribution in [0.2, 0.25) is 0 Å². The molecule has 4 heterocycles. The molecule has 0 atom stereocenters. The SMILES string of the molecule is CN1CCC(C2CCN(C(=O)c3ccc(C4=CN5C(=CCCN/C=C\5c5ccc(C#N)cc5)C=C4)cc3)CC2)CC1. The fourth-order valence-electron chi connectivity index (χ4n) is 6.60. The maximum Gasteiger partial charge on any atom is 0.253 e. The zero-order valence-corrected chi connectivity index (χ0v) is 23.9. The van der Waals surface area contributed by atoms with Crippen molar-refractivity contribution in [3.05, 3.63) is 107 Å². The highest BCUT2D eigenvalue weighted by Gasteiger charge is 2.30. The molecule has 2 saturated heterocycles. The highest BCUT2D eigenvalue weighted by atomic mass is 16.2. The summed E-state index contributed by atoms with van der Waals surface area (Å²) < 4.78 is 0. The molecule has 6 heteroatoms. The molecular formula is C35H39N5O. The summed E-state index contributed by atoms with van der Waals surface area (Å²) in [6, 6.07) is 18.0. The van der Waals surface area contributed by atoms with Gasteiger partial charge in [0.1, 0.15) is 0 Å². The highest BCUT2D eigenvalue weighted by Crippen LogP contribution is 2.34. The molecule has 0 spiro atoms. The van der Waals surface area contributed by atoms with Gasteiger partial charge in [0.25, 0.3) is 5.91 Å². The van der Waals surface area contributed by atoms with Gasteiger partial charge >= 0.3 is 0 Å². The van der Waals surface area contributed by atoms with Crippen LogP contribution in [0.4, 0.5) is 0 Å². The number of carbonyl (C=O) groups excluding carboxylic acids is 1. The molecule has 2 aromatic rings. The van der Waals surface area contributed by atoms with Gasteiger partial charge in [-0.3, -0.25) is 4.79 Å². The molecule has 2 aromatic carbocycles. The maximum absolute atomic E-state index is 13.4. The molecule has 1 amide bonds. The topological polar surface area (TPSA) is 62.6 Å². The Morgan fingerprint density at radius 2 is 1.54 bits per heavy atom. The van der Waals surface area contributed by atoms with Crippen LogP contribution in [0.15, 0.2) is 84.9 Å². The van der Waals surface area contributed by atoms with Gasteiger partial charge in [-0.15, -0.1) is 0 Å². The van der Waals surface area contributed by atoms with E-state index in [1.165, 1.54) is 25.9 Å². The van der Waals surface area contributed by atoms with Crippen LogP contribution in [0.25, 0.3) is 11.3 Å². The third kappa shape index (κ3) is 6.01. The Hall–Kier alpha value is -4.08. The Kier molecular flexibility index (Phi) is 8.07. The van der Waals surface area contributed by atoms with E-state index in [2.05, 4.69) is 75.9 Å². The molecule has 4 aliphatic heterocycles. The summed E-state index contributed by atoms with van der Waals surface area (Å²) in [6.45, 7) is 5.02. The smallest absolute Gasteiger partial charge is 0.253 e. The van der Waals surface area contributed by atoms with Crippen LogP contribution in [-0.4, -0.2) is 60.4 Å². The largest absolute Gasteiger partial charge is 0.389 e. The molecule has 0 bridgehead atoms. The van der Waals surface area contributed by atoms with Crippen LogP contribution in [-0.2, 0) is 0 Å². The lowest BCUT2D eigenvalue weighted by molar-refractivity contribution is 0.0615. The number of carbonyl (C=O) groups is 1. The number of allylic oxidation sites excluding steroid dienone is 3. The molecule has 0 aliphatic carbocycles. The first-order valence-corrected chi connectivity index (χ1v) is 15.0. The normalized spacial score (nSPS) is 21.8. The van der Waals surface area contributed by atoms with E-state index in [0.29, 0.717) is 5.56 Å². The van der Waals surface area contributed by atoms with Crippen molar-refractivity contribution in [2.45, 2.75) is 32.1 Å². The standard InChI is InChI=1S/C35H39N5O/c1-38-19-14-28(15-20-38)29-16-21-39(22-17-29)35(41)31-10-8-27(9-11-31)32-12-13-33-3-2-18-37-24-34(40(33)25-32)30-6-4-26(23-36)5-7-30/h3-13,24-25,28-29,37H,2,14-22H2,1H3/b33-3?,34-24-. The van der Waals surface area contributed by atoms with Crippen molar-refractivity contribution in [1.82, 2.24) is 20.0 Å². The van der Waals surface area contributed by atoms with Gasteiger partial charge in [0, 0.05) is 48.9 Å². The average molecular weight is 546 g/mol. The van der Waals surface area contributed by atoms with Crippen LogP contribution >= 0.6 is 0 Å². The van der Waals surface area contributed by atoms with E-state index >= 15 is 0 Å². The second kappa shape index (κ2) is 12.2. The molecule has 41 heavy (non-hydrogen) atoms. The third-order valence-electron chi connectivity index (χ3n) is 9.15. The third-order valence-corrected chi connectivity index (χ3v) is 9.15. The lowest BCUT2D eigenvalue weighted by atomic mass is 9.79. The second-order valence-corrected chi connectivity index (χ2v) is 11.7. The first kappa shape index (κ1) is 27.1. The van der Waals surface area contributed by atoms with Crippen LogP contribution in [0.3, 0.4) is 0 Å². The summed E-state index contributed by atoms with van der Waals surface area (Å²) in [4.78, 5) is 20.1. The van der Waals surface area contributed by atoms with E-state index in [4.69, 9.17) is 0 Å². The monoisotopic (exact) mass is 545 g/mol. The van der Waals surface area contributed by atoms with Gasteiger partial charge in [0.2, 0.25) is 0 Å². The minimum Gasteiger partial charge on any atom is -0.389 e. The lowest BCUT2D eigenvalue weighted by Crippen LogP contribution is -2.42. The number of amides is 1. The van der Waals surface area contributed by atoms with Gasteiger partial charge in [0.05, 0.1) is 17.3 Å². The highest BCUT2D eigenvalue weighted by molar-refractivity contribution is 5.95. The Morgan fingerprint density at radius 3 is 2.22 bits per heavy atom. The van der Waals surface area contributed by atoms with Gasteiger partial charge in [-0.1, -0.05) is 36.4 Å². The molecule has 0 aromatic heterocycles. The molecular weight excluding hydrogens is 506 g/mol. The summed E-state index contributed by atoms with van der Waals surface area (Å²) in [6.07, 6.45) is 16.6. The lowest BCUT2D eigenvalue weighted by Gasteiger charge is -2.39. The number of hydrogen-bond acceptors (Lipinski definition) is 5. The predicted octanol–water partition coefficient (Wildman–Crippen LogP) is 5.84. The Morgan fingerprint density at radius 1 is 0.878 bits per heavy atom. The summed E-state index contributed by atoms with van der Waals surface area (Å²) >= 11 is 0. The minimum atomic E-state index is 0.151. The molecule has 4 aliphatic rings. The van der Waals surface area contributed by atoms with Crippen molar-refractivity contribution in [2.24, 2.45) is 11.8 Å². The number of rotatable bonds is 4. The number of nitrogens with one attached hydrogen (secondary N) is 1. The Bertz CT molecular complexity index is 1410. The van der Waals surface area contributed by atoms with Gasteiger partial charge in [-0.25, -0.2) is 0 Å². The molecule has 0 saturated carbocycles. The summed E-state index contributed by atoms with van der Waals surface area (Å²) in [5.74, 6) is 1.74. The number of benzene rings is 2. The number of hydrogen-bond donors (Lipinski definition) is 1. The van der Waals surface area contributed by atoms with E-state index < -0.39 is 0 Å². The average Bonchev–Trinajstić information content (AvgIpc) is 3.02. The maximum atomic E-state index is 13.4. The summed E-state index contributed by atoms with van der Waals surface area (Å²) in [5, 5.41) is 12.6. The molecule has 210 valence electrons. The minimum absolute atomic E-state index is 0.151. The Balaban J connectivity index is 1.15. The van der Waals surface area contributed by atoms with E-state index in [0.717, 1.165) is 84.4 Å². The van der Waals surface area contributed by atoms with Crippen LogP contribution in [0.5, 0.6) is 0 Å². The summed E-state index contributed by atoms with van der Waals surface area (Å²) in [7, 11) is 2.22. The zero-order valence-electron chi connectivity index (χ0n) is 23.9. The molecule has 0 unspecified atom stereocenters. The van der Waals surface area contributed by atoms with E-state index in [1.807, 2.05) is 36.4 Å². The molecule has 0 radical (unpaired) electrons. The first-order valence-electron chi connectivity index (χ1n) is 15.0. The van der Waals surface area contributed by atoms with Crippen molar-refractivity contribution >= 4 is 17.2 Å². The number of nitrogens with zero attached hydrogens (tertiary/aromatic N) is 4. The van der Waals surface area contributed by atoms with E-state index in [-0.39, 0.29) is 5.91 Å². The molecule has 6 rings (SSSR count). The van der Waals surface area contributed by atoms with Crippen molar-refractivity contribution in [1.29, 1.82) is 5.26 Å². The van der Waals surface area contributed by atoms with Crippen LogP contribution in [0, 0.1) is 23.2 Å². The molecule has 6 nitrogen and oxygen atoms in total. The zero-order chi connectivity index (χ0) is 28.2. The first-order chi connectivity index (χ1) is 20.1. The molecule has 1 N–H and O–H groups in total. The number of likely N-dealkylation sites (tertiary alicyclic amines) is 2. The second-order valence-electron chi connectivity index (χ2n) is 11.7. The van der Waals surface area contributed by atoms with Crippen molar-refractivity contribution in [2.75, 3.05) is 39.8 Å². The molecule has 2 fully saturated rings. The van der Waals surface area contributed by atoms with Gasteiger partial charge < -0.3 is 20.0 Å². The van der Waals surface area contributed by atoms with Crippen LogP contribution < -0.4 is 5.32 Å². The van der Waals surface area contributed by atoms with Crippen molar-refractivity contribution in [3.63, 3.8) is 0 Å². The number of nitriles is 1. The van der Waals surface area contributed by atoms with E-state index in [9.17, 15) is 10.1 Å². The quantitative estimate of drug-likeness (QED) is 0.523. The van der Waals surface area contributed by atoms with Gasteiger partial charge in [-0.2, -0.15) is 5.26 Å². The fraction of sp³-hybridized carbons (Fsp3) is 0.371. The van der Waals surface area contributed by atoms with E-state index in [1.54, 1.807) is 0 Å². The van der Waals surface area contributed by atoms with Crippen molar-refractivity contribution < 1.29 is 4.79 Å². The Labute approximate surface area is 243 Å². The fourth-order valence-corrected chi connectivity index (χ4v) is 6.60. The predicted molar refractivity (Wildman–Crippen MR) is 164 cm³/mol. The van der Waals surface area contributed by atoms with Gasteiger partial charge in [0.15, 0.2) is 0 Å². The van der Waals surface area contributed by atoms with Gasteiger partial charge in [-0.05, 0) is 106 Å².